The van der Waals surface area contributed by atoms with Gasteiger partial charge in [-0.3, -0.25) is 0 Å². The molecule has 0 bridgehead atoms. The summed E-state index contributed by atoms with van der Waals surface area (Å²) in [6.45, 7) is 3.18. The van der Waals surface area contributed by atoms with Crippen molar-refractivity contribution in [1.82, 2.24) is 4.90 Å². The summed E-state index contributed by atoms with van der Waals surface area (Å²) in [7, 11) is 1.95. The van der Waals surface area contributed by atoms with Crippen LogP contribution in [0.25, 0.3) is 0 Å². The van der Waals surface area contributed by atoms with E-state index in [1.807, 2.05) is 11.9 Å². The molecule has 0 spiro atoms. The van der Waals surface area contributed by atoms with Crippen molar-refractivity contribution in [3.8, 4) is 0 Å². The molecular weight excluding hydrogens is 105 g/mol. The second-order valence-corrected chi connectivity index (χ2v) is 2.90. The van der Waals surface area contributed by atoms with Gasteiger partial charge in [-0.1, -0.05) is 0 Å². The summed E-state index contributed by atoms with van der Waals surface area (Å²) in [5, 5.41) is 0. The largest absolute Gasteiger partial charge is 0.303 e. The molecule has 1 atom stereocenters. The van der Waals surface area contributed by atoms with Gasteiger partial charge in [-0.05, 0) is 20.4 Å². The van der Waals surface area contributed by atoms with Gasteiger partial charge in [0.1, 0.15) is 5.67 Å². The van der Waals surface area contributed by atoms with E-state index in [1.54, 1.807) is 6.92 Å². The van der Waals surface area contributed by atoms with Crippen LogP contribution in [-0.2, 0) is 0 Å². The summed E-state index contributed by atoms with van der Waals surface area (Å²) in [4.78, 5) is 2.01. The number of halogens is 1. The highest BCUT2D eigenvalue weighted by Crippen LogP contribution is 2.22. The molecule has 1 fully saturated rings. The maximum atomic E-state index is 12.8. The molecule has 1 unspecified atom stereocenters. The monoisotopic (exact) mass is 117 g/mol. The van der Waals surface area contributed by atoms with Crippen molar-refractivity contribution in [3.05, 3.63) is 0 Å². The van der Waals surface area contributed by atoms with E-state index >= 15 is 0 Å². The maximum Gasteiger partial charge on any atom is 0.122 e. The predicted octanol–water partition coefficient (Wildman–Crippen LogP) is 1.05. The van der Waals surface area contributed by atoms with Gasteiger partial charge >= 0.3 is 0 Å². The van der Waals surface area contributed by atoms with Crippen molar-refractivity contribution in [2.75, 3.05) is 20.1 Å². The average molecular weight is 117 g/mol. The first-order valence-corrected chi connectivity index (χ1v) is 2.98. The molecule has 0 aromatic carbocycles. The quantitative estimate of drug-likeness (QED) is 0.458. The lowest BCUT2D eigenvalue weighted by atomic mass is 10.1. The standard InChI is InChI=1S/C6H12FN/c1-6(7)3-4-8(2)5-6/h3-5H2,1-2H3. The van der Waals surface area contributed by atoms with Crippen LogP contribution in [0.1, 0.15) is 13.3 Å². The van der Waals surface area contributed by atoms with Gasteiger partial charge in [0.2, 0.25) is 0 Å². The van der Waals surface area contributed by atoms with E-state index in [9.17, 15) is 4.39 Å². The third-order valence-electron chi connectivity index (χ3n) is 1.61. The second-order valence-electron chi connectivity index (χ2n) is 2.90. The Morgan fingerprint density at radius 1 is 1.62 bits per heavy atom. The van der Waals surface area contributed by atoms with Crippen molar-refractivity contribution in [2.45, 2.75) is 19.0 Å². The normalized spacial score (nSPS) is 40.9. The van der Waals surface area contributed by atoms with Crippen molar-refractivity contribution < 1.29 is 4.39 Å². The third-order valence-corrected chi connectivity index (χ3v) is 1.61. The van der Waals surface area contributed by atoms with Crippen molar-refractivity contribution in [3.63, 3.8) is 0 Å². The number of alkyl halides is 1. The Kier molecular flexibility index (Phi) is 1.27. The van der Waals surface area contributed by atoms with E-state index in [2.05, 4.69) is 0 Å². The summed E-state index contributed by atoms with van der Waals surface area (Å²) in [5.41, 5.74) is -0.908. The van der Waals surface area contributed by atoms with E-state index in [0.717, 1.165) is 6.54 Å². The molecular formula is C6H12FN. The number of hydrogen-bond donors (Lipinski definition) is 0. The first-order chi connectivity index (χ1) is 3.60. The van der Waals surface area contributed by atoms with E-state index in [4.69, 9.17) is 0 Å². The summed E-state index contributed by atoms with van der Waals surface area (Å²) < 4.78 is 12.8. The first-order valence-electron chi connectivity index (χ1n) is 2.98. The van der Waals surface area contributed by atoms with Gasteiger partial charge in [0.15, 0.2) is 0 Å². The fourth-order valence-electron chi connectivity index (χ4n) is 1.14. The first kappa shape index (κ1) is 6.02. The van der Waals surface area contributed by atoms with Crippen molar-refractivity contribution in [2.24, 2.45) is 0 Å². The fraction of sp³-hybridized carbons (Fsp3) is 1.00. The Balaban J connectivity index is 2.44. The highest BCUT2D eigenvalue weighted by molar-refractivity contribution is 4.84. The Morgan fingerprint density at radius 3 is 2.38 bits per heavy atom. The van der Waals surface area contributed by atoms with Gasteiger partial charge in [-0.2, -0.15) is 0 Å². The van der Waals surface area contributed by atoms with E-state index in [-0.39, 0.29) is 0 Å². The molecule has 48 valence electrons. The Morgan fingerprint density at radius 2 is 2.25 bits per heavy atom. The van der Waals surface area contributed by atoms with Gasteiger partial charge in [-0.15, -0.1) is 0 Å². The van der Waals surface area contributed by atoms with Gasteiger partial charge in [0.05, 0.1) is 0 Å². The van der Waals surface area contributed by atoms with Crippen LogP contribution in [0.4, 0.5) is 4.39 Å². The van der Waals surface area contributed by atoms with Crippen molar-refractivity contribution >= 4 is 0 Å². The van der Waals surface area contributed by atoms with Crippen LogP contribution in [0.5, 0.6) is 0 Å². The summed E-state index contributed by atoms with van der Waals surface area (Å²) in [6.07, 6.45) is 0.698. The number of likely N-dealkylation sites (tertiary alicyclic amines) is 1. The molecule has 8 heavy (non-hydrogen) atoms. The molecule has 1 heterocycles. The molecule has 1 saturated heterocycles. The second kappa shape index (κ2) is 1.69. The molecule has 0 saturated carbocycles. The number of rotatable bonds is 0. The van der Waals surface area contributed by atoms with E-state index in [1.165, 1.54) is 0 Å². The zero-order valence-corrected chi connectivity index (χ0v) is 5.45. The lowest BCUT2D eigenvalue weighted by Crippen LogP contribution is -2.22. The van der Waals surface area contributed by atoms with Gasteiger partial charge < -0.3 is 4.90 Å². The van der Waals surface area contributed by atoms with Crippen LogP contribution in [-0.4, -0.2) is 30.7 Å². The molecule has 0 N–H and O–H groups in total. The highest BCUT2D eigenvalue weighted by Gasteiger charge is 2.30. The summed E-state index contributed by atoms with van der Waals surface area (Å²) in [6, 6.07) is 0. The zero-order valence-electron chi connectivity index (χ0n) is 5.45. The van der Waals surface area contributed by atoms with Crippen LogP contribution >= 0.6 is 0 Å². The molecule has 1 rings (SSSR count). The minimum Gasteiger partial charge on any atom is -0.303 e. The topological polar surface area (TPSA) is 3.24 Å². The van der Waals surface area contributed by atoms with Gasteiger partial charge in [0, 0.05) is 13.1 Å². The minimum absolute atomic E-state index is 0.604. The summed E-state index contributed by atoms with van der Waals surface area (Å²) in [5.74, 6) is 0. The van der Waals surface area contributed by atoms with E-state index in [0.29, 0.717) is 13.0 Å². The van der Waals surface area contributed by atoms with Crippen molar-refractivity contribution in [1.29, 1.82) is 0 Å². The zero-order chi connectivity index (χ0) is 6.20. The minimum atomic E-state index is -0.908. The van der Waals surface area contributed by atoms with Gasteiger partial charge in [-0.25, -0.2) is 4.39 Å². The van der Waals surface area contributed by atoms with Crippen LogP contribution < -0.4 is 0 Å². The molecule has 1 aliphatic rings. The smallest absolute Gasteiger partial charge is 0.122 e. The third kappa shape index (κ3) is 1.19. The molecule has 2 heteroatoms. The SMILES string of the molecule is CN1CCC(C)(F)C1. The maximum absolute atomic E-state index is 12.8. The average Bonchev–Trinajstić information content (AvgIpc) is 1.82. The lowest BCUT2D eigenvalue weighted by molar-refractivity contribution is 0.198. The summed E-state index contributed by atoms with van der Waals surface area (Å²) >= 11 is 0. The van der Waals surface area contributed by atoms with Gasteiger partial charge in [0.25, 0.3) is 0 Å². The van der Waals surface area contributed by atoms with Crippen LogP contribution in [0, 0.1) is 0 Å². The molecule has 0 aliphatic carbocycles. The lowest BCUT2D eigenvalue weighted by Gasteiger charge is -2.10. The Labute approximate surface area is 49.5 Å². The molecule has 0 amide bonds. The fourth-order valence-corrected chi connectivity index (χ4v) is 1.14. The molecule has 0 radical (unpaired) electrons. The Bertz CT molecular complexity index is 90.5. The molecule has 0 aromatic heterocycles. The Hall–Kier alpha value is -0.110. The molecule has 1 aliphatic heterocycles. The van der Waals surface area contributed by atoms with Crippen LogP contribution in [0.2, 0.25) is 0 Å². The number of nitrogens with zero attached hydrogens (tertiary/aromatic N) is 1. The molecule has 0 aromatic rings. The highest BCUT2D eigenvalue weighted by atomic mass is 19.1. The van der Waals surface area contributed by atoms with Crippen LogP contribution in [0.3, 0.4) is 0 Å². The van der Waals surface area contributed by atoms with Crippen LogP contribution in [0.15, 0.2) is 0 Å². The number of hydrogen-bond acceptors (Lipinski definition) is 1. The predicted molar refractivity (Wildman–Crippen MR) is 31.6 cm³/mol. The molecule has 1 nitrogen and oxygen atoms in total. The van der Waals surface area contributed by atoms with E-state index < -0.39 is 5.67 Å².